The van der Waals surface area contributed by atoms with E-state index in [2.05, 4.69) is 66.8 Å². The summed E-state index contributed by atoms with van der Waals surface area (Å²) in [4.78, 5) is 0. The SMILES string of the molecule is COCCCCNC(c1ccccc1)c1ccccc1C. The van der Waals surface area contributed by atoms with E-state index in [1.165, 1.54) is 16.7 Å². The zero-order valence-electron chi connectivity index (χ0n) is 13.0. The van der Waals surface area contributed by atoms with E-state index in [0.29, 0.717) is 0 Å². The number of hydrogen-bond donors (Lipinski definition) is 1. The second-order valence-corrected chi connectivity index (χ2v) is 5.35. The first-order valence-corrected chi connectivity index (χ1v) is 7.65. The smallest absolute Gasteiger partial charge is 0.0579 e. The highest BCUT2D eigenvalue weighted by Gasteiger charge is 2.14. The van der Waals surface area contributed by atoms with Crippen LogP contribution in [0.25, 0.3) is 0 Å². The van der Waals surface area contributed by atoms with Gasteiger partial charge in [0.05, 0.1) is 6.04 Å². The fraction of sp³-hybridized carbons (Fsp3) is 0.368. The summed E-state index contributed by atoms with van der Waals surface area (Å²) in [6, 6.07) is 19.5. The number of nitrogens with one attached hydrogen (secondary N) is 1. The van der Waals surface area contributed by atoms with E-state index < -0.39 is 0 Å². The summed E-state index contributed by atoms with van der Waals surface area (Å²) >= 11 is 0. The van der Waals surface area contributed by atoms with Gasteiger partial charge in [-0.3, -0.25) is 0 Å². The standard InChI is InChI=1S/C19H25NO/c1-16-10-6-7-13-18(16)19(17-11-4-3-5-12-17)20-14-8-9-15-21-2/h3-7,10-13,19-20H,8-9,14-15H2,1-2H3. The zero-order valence-corrected chi connectivity index (χ0v) is 13.0. The third-order valence-electron chi connectivity index (χ3n) is 3.76. The highest BCUT2D eigenvalue weighted by molar-refractivity contribution is 5.36. The van der Waals surface area contributed by atoms with Crippen molar-refractivity contribution in [3.63, 3.8) is 0 Å². The van der Waals surface area contributed by atoms with E-state index in [1.54, 1.807) is 7.11 Å². The highest BCUT2D eigenvalue weighted by atomic mass is 16.5. The molecule has 2 aromatic rings. The van der Waals surface area contributed by atoms with E-state index in [0.717, 1.165) is 26.0 Å². The van der Waals surface area contributed by atoms with E-state index in [9.17, 15) is 0 Å². The minimum Gasteiger partial charge on any atom is -0.385 e. The molecule has 1 unspecified atom stereocenters. The van der Waals surface area contributed by atoms with Crippen molar-refractivity contribution in [3.05, 3.63) is 71.3 Å². The molecule has 0 aliphatic carbocycles. The minimum atomic E-state index is 0.259. The fourth-order valence-corrected chi connectivity index (χ4v) is 2.58. The van der Waals surface area contributed by atoms with E-state index in [-0.39, 0.29) is 6.04 Å². The van der Waals surface area contributed by atoms with Gasteiger partial charge in [0.15, 0.2) is 0 Å². The lowest BCUT2D eigenvalue weighted by Crippen LogP contribution is -2.24. The molecule has 0 heterocycles. The Kier molecular flexibility index (Phi) is 6.45. The largest absolute Gasteiger partial charge is 0.385 e. The van der Waals surface area contributed by atoms with Crippen molar-refractivity contribution in [2.45, 2.75) is 25.8 Å². The lowest BCUT2D eigenvalue weighted by atomic mass is 9.95. The van der Waals surface area contributed by atoms with Gasteiger partial charge in [0.2, 0.25) is 0 Å². The first kappa shape index (κ1) is 15.7. The van der Waals surface area contributed by atoms with Crippen LogP contribution in [-0.4, -0.2) is 20.3 Å². The first-order chi connectivity index (χ1) is 10.3. The summed E-state index contributed by atoms with van der Waals surface area (Å²) in [5, 5.41) is 3.70. The molecule has 2 rings (SSSR count). The van der Waals surface area contributed by atoms with Crippen molar-refractivity contribution < 1.29 is 4.74 Å². The predicted molar refractivity (Wildman–Crippen MR) is 88.6 cm³/mol. The Hall–Kier alpha value is -1.64. The van der Waals surface area contributed by atoms with Crippen LogP contribution in [0, 0.1) is 6.92 Å². The summed E-state index contributed by atoms with van der Waals surface area (Å²) < 4.78 is 5.11. The second-order valence-electron chi connectivity index (χ2n) is 5.35. The minimum absolute atomic E-state index is 0.259. The van der Waals surface area contributed by atoms with Crippen molar-refractivity contribution in [1.29, 1.82) is 0 Å². The molecule has 0 saturated carbocycles. The lowest BCUT2D eigenvalue weighted by Gasteiger charge is -2.21. The number of aryl methyl sites for hydroxylation is 1. The van der Waals surface area contributed by atoms with Crippen molar-refractivity contribution in [1.82, 2.24) is 5.32 Å². The molecule has 0 aromatic heterocycles. The van der Waals surface area contributed by atoms with Crippen LogP contribution in [-0.2, 0) is 4.74 Å². The number of hydrogen-bond acceptors (Lipinski definition) is 2. The molecule has 21 heavy (non-hydrogen) atoms. The maximum Gasteiger partial charge on any atom is 0.0579 e. The topological polar surface area (TPSA) is 21.3 Å². The first-order valence-electron chi connectivity index (χ1n) is 7.65. The Morgan fingerprint density at radius 1 is 0.952 bits per heavy atom. The third kappa shape index (κ3) is 4.69. The molecular weight excluding hydrogens is 258 g/mol. The molecule has 0 saturated heterocycles. The Balaban J connectivity index is 2.10. The molecule has 112 valence electrons. The normalized spacial score (nSPS) is 12.3. The molecule has 0 radical (unpaired) electrons. The highest BCUT2D eigenvalue weighted by Crippen LogP contribution is 2.24. The monoisotopic (exact) mass is 283 g/mol. The van der Waals surface area contributed by atoms with Gasteiger partial charge in [-0.25, -0.2) is 0 Å². The molecule has 0 amide bonds. The molecule has 1 atom stereocenters. The maximum atomic E-state index is 5.11. The third-order valence-corrected chi connectivity index (χ3v) is 3.76. The lowest BCUT2D eigenvalue weighted by molar-refractivity contribution is 0.192. The molecule has 2 aromatic carbocycles. The Labute approximate surface area is 128 Å². The van der Waals surface area contributed by atoms with Crippen LogP contribution in [0.3, 0.4) is 0 Å². The van der Waals surface area contributed by atoms with Crippen molar-refractivity contribution in [2.75, 3.05) is 20.3 Å². The molecule has 2 nitrogen and oxygen atoms in total. The van der Waals surface area contributed by atoms with Crippen molar-refractivity contribution in [3.8, 4) is 0 Å². The average Bonchev–Trinajstić information content (AvgIpc) is 2.53. The van der Waals surface area contributed by atoms with Crippen LogP contribution in [0.15, 0.2) is 54.6 Å². The maximum absolute atomic E-state index is 5.11. The molecule has 2 heteroatoms. The molecule has 1 N–H and O–H groups in total. The van der Waals surface area contributed by atoms with Gasteiger partial charge in [-0.1, -0.05) is 54.6 Å². The summed E-state index contributed by atoms with van der Waals surface area (Å²) in [5.74, 6) is 0. The number of unbranched alkanes of at least 4 members (excludes halogenated alkanes) is 1. The molecule has 0 bridgehead atoms. The summed E-state index contributed by atoms with van der Waals surface area (Å²) in [6.45, 7) is 4.01. The van der Waals surface area contributed by atoms with Crippen LogP contribution in [0.4, 0.5) is 0 Å². The average molecular weight is 283 g/mol. The van der Waals surface area contributed by atoms with Gasteiger partial charge in [0, 0.05) is 13.7 Å². The summed E-state index contributed by atoms with van der Waals surface area (Å²) in [5.41, 5.74) is 4.00. The Morgan fingerprint density at radius 3 is 2.38 bits per heavy atom. The molecule has 0 spiro atoms. The molecular formula is C19H25NO. The van der Waals surface area contributed by atoms with E-state index in [1.807, 2.05) is 0 Å². The predicted octanol–water partition coefficient (Wildman–Crippen LogP) is 4.10. The quantitative estimate of drug-likeness (QED) is 0.736. The van der Waals surface area contributed by atoms with Gasteiger partial charge in [0.1, 0.15) is 0 Å². The molecule has 0 aliphatic rings. The zero-order chi connectivity index (χ0) is 14.9. The number of rotatable bonds is 8. The van der Waals surface area contributed by atoms with Gasteiger partial charge in [0.25, 0.3) is 0 Å². The Bertz CT molecular complexity index is 524. The van der Waals surface area contributed by atoms with Gasteiger partial charge in [-0.2, -0.15) is 0 Å². The van der Waals surface area contributed by atoms with E-state index in [4.69, 9.17) is 4.74 Å². The van der Waals surface area contributed by atoms with Crippen LogP contribution < -0.4 is 5.32 Å². The number of ether oxygens (including phenoxy) is 1. The Morgan fingerprint density at radius 2 is 1.67 bits per heavy atom. The van der Waals surface area contributed by atoms with Crippen molar-refractivity contribution >= 4 is 0 Å². The van der Waals surface area contributed by atoms with Gasteiger partial charge in [-0.05, 0) is 43.0 Å². The summed E-state index contributed by atoms with van der Waals surface area (Å²) in [6.07, 6.45) is 2.22. The number of benzene rings is 2. The summed E-state index contributed by atoms with van der Waals surface area (Å²) in [7, 11) is 1.76. The fourth-order valence-electron chi connectivity index (χ4n) is 2.58. The van der Waals surface area contributed by atoms with Gasteiger partial charge < -0.3 is 10.1 Å². The van der Waals surface area contributed by atoms with Gasteiger partial charge in [-0.15, -0.1) is 0 Å². The molecule has 0 aliphatic heterocycles. The van der Waals surface area contributed by atoms with E-state index >= 15 is 0 Å². The van der Waals surface area contributed by atoms with Crippen molar-refractivity contribution in [2.24, 2.45) is 0 Å². The second kappa shape index (κ2) is 8.60. The van der Waals surface area contributed by atoms with Gasteiger partial charge >= 0.3 is 0 Å². The number of methoxy groups -OCH3 is 1. The van der Waals surface area contributed by atoms with Crippen LogP contribution >= 0.6 is 0 Å². The van der Waals surface area contributed by atoms with Crippen LogP contribution in [0.5, 0.6) is 0 Å². The molecule has 0 fully saturated rings. The van der Waals surface area contributed by atoms with Crippen LogP contribution in [0.2, 0.25) is 0 Å². The van der Waals surface area contributed by atoms with Crippen LogP contribution in [0.1, 0.15) is 35.6 Å².